The maximum Gasteiger partial charge on any atom is 0.171 e. The van der Waals surface area contributed by atoms with E-state index in [4.69, 9.17) is 22.2 Å². The molecular formula is C26H18N6S. The minimum absolute atomic E-state index is 0.554. The largest absolute Gasteiger partial charge is 0.358 e. The van der Waals surface area contributed by atoms with E-state index in [0.717, 1.165) is 49.6 Å². The van der Waals surface area contributed by atoms with Gasteiger partial charge < -0.3 is 10.6 Å². The Bertz CT molecular complexity index is 1670. The molecule has 0 aliphatic heterocycles. The summed E-state index contributed by atoms with van der Waals surface area (Å²) in [6.45, 7) is 0.658. The molecular weight excluding hydrogens is 428 g/mol. The third-order valence-corrected chi connectivity index (χ3v) is 5.81. The lowest BCUT2D eigenvalue weighted by molar-refractivity contribution is 0.926. The van der Waals surface area contributed by atoms with E-state index in [1.807, 2.05) is 60.7 Å². The summed E-state index contributed by atoms with van der Waals surface area (Å²) < 4.78 is 0. The third kappa shape index (κ3) is 3.58. The van der Waals surface area contributed by atoms with Crippen molar-refractivity contribution < 1.29 is 0 Å². The first kappa shape index (κ1) is 19.5. The summed E-state index contributed by atoms with van der Waals surface area (Å²) in [5, 5.41) is 8.92. The first-order chi connectivity index (χ1) is 16.3. The van der Waals surface area contributed by atoms with Gasteiger partial charge in [-0.3, -0.25) is 9.97 Å². The van der Waals surface area contributed by atoms with Gasteiger partial charge in [0.15, 0.2) is 5.11 Å². The minimum atomic E-state index is 0.554. The second-order valence-corrected chi connectivity index (χ2v) is 8.12. The van der Waals surface area contributed by atoms with Crippen molar-refractivity contribution in [2.45, 2.75) is 6.54 Å². The van der Waals surface area contributed by atoms with Crippen LogP contribution in [-0.4, -0.2) is 25.0 Å². The Morgan fingerprint density at radius 3 is 2.06 bits per heavy atom. The highest BCUT2D eigenvalue weighted by Crippen LogP contribution is 2.32. The zero-order valence-electron chi connectivity index (χ0n) is 17.5. The molecule has 0 fully saturated rings. The normalized spacial score (nSPS) is 11.3. The number of pyridine rings is 2. The molecule has 3 aromatic carbocycles. The van der Waals surface area contributed by atoms with Crippen LogP contribution in [0.25, 0.3) is 43.9 Å². The van der Waals surface area contributed by atoms with Gasteiger partial charge in [-0.25, -0.2) is 9.97 Å². The van der Waals surface area contributed by atoms with E-state index in [9.17, 15) is 0 Å². The Hall–Kier alpha value is -4.23. The van der Waals surface area contributed by atoms with Crippen molar-refractivity contribution in [2.24, 2.45) is 0 Å². The molecule has 3 aromatic heterocycles. The Labute approximate surface area is 194 Å². The molecule has 0 amide bonds. The lowest BCUT2D eigenvalue weighted by Gasteiger charge is -2.12. The maximum atomic E-state index is 5.48. The lowest BCUT2D eigenvalue weighted by atomic mass is 10.1. The second-order valence-electron chi connectivity index (χ2n) is 7.72. The monoisotopic (exact) mass is 446 g/mol. The molecule has 3 heterocycles. The molecule has 0 bridgehead atoms. The number of fused-ring (bicyclic) bond motifs is 7. The fourth-order valence-electron chi connectivity index (χ4n) is 4.03. The highest BCUT2D eigenvalue weighted by molar-refractivity contribution is 7.80. The van der Waals surface area contributed by atoms with E-state index < -0.39 is 0 Å². The van der Waals surface area contributed by atoms with Crippen molar-refractivity contribution in [3.05, 3.63) is 90.8 Å². The van der Waals surface area contributed by atoms with Gasteiger partial charge in [-0.1, -0.05) is 30.3 Å². The average molecular weight is 447 g/mol. The van der Waals surface area contributed by atoms with Gasteiger partial charge in [0, 0.05) is 35.4 Å². The molecule has 0 unspecified atom stereocenters. The molecule has 0 saturated carbocycles. The summed E-state index contributed by atoms with van der Waals surface area (Å²) >= 11 is 5.48. The Balaban J connectivity index is 1.40. The van der Waals surface area contributed by atoms with Crippen molar-refractivity contribution in [3.8, 4) is 0 Å². The molecule has 158 valence electrons. The van der Waals surface area contributed by atoms with E-state index in [-0.39, 0.29) is 0 Å². The van der Waals surface area contributed by atoms with Crippen LogP contribution in [0.1, 0.15) is 5.56 Å². The van der Waals surface area contributed by atoms with Gasteiger partial charge >= 0.3 is 0 Å². The summed E-state index contributed by atoms with van der Waals surface area (Å²) in [6, 6.07) is 23.9. The van der Waals surface area contributed by atoms with Crippen LogP contribution in [0.15, 0.2) is 85.2 Å². The Morgan fingerprint density at radius 2 is 1.36 bits per heavy atom. The van der Waals surface area contributed by atoms with Crippen LogP contribution >= 0.6 is 12.2 Å². The first-order valence-corrected chi connectivity index (χ1v) is 11.0. The number of anilines is 1. The zero-order valence-corrected chi connectivity index (χ0v) is 18.3. The van der Waals surface area contributed by atoms with Crippen LogP contribution < -0.4 is 10.6 Å². The van der Waals surface area contributed by atoms with Gasteiger partial charge in [0.2, 0.25) is 0 Å². The van der Waals surface area contributed by atoms with Crippen LogP contribution in [0.3, 0.4) is 0 Å². The van der Waals surface area contributed by atoms with Crippen molar-refractivity contribution in [1.82, 2.24) is 25.3 Å². The molecule has 2 N–H and O–H groups in total. The van der Waals surface area contributed by atoms with Crippen molar-refractivity contribution in [1.29, 1.82) is 0 Å². The second kappa shape index (κ2) is 8.03. The molecule has 0 radical (unpaired) electrons. The molecule has 0 atom stereocenters. The number of rotatable bonds is 3. The summed E-state index contributed by atoms with van der Waals surface area (Å²) in [7, 11) is 0. The fraction of sp³-hybridized carbons (Fsp3) is 0.0385. The molecule has 0 saturated heterocycles. The van der Waals surface area contributed by atoms with Gasteiger partial charge in [-0.05, 0) is 60.2 Å². The van der Waals surface area contributed by atoms with E-state index in [0.29, 0.717) is 11.7 Å². The molecule has 0 aliphatic rings. The third-order valence-electron chi connectivity index (χ3n) is 5.57. The maximum absolute atomic E-state index is 5.48. The number of hydrogen-bond donors (Lipinski definition) is 2. The standard InChI is InChI=1S/C26H18N6S/c33-26(29-15-16-6-2-1-3-7-16)30-17-10-11-20-21(14-17)32-25-19-9-5-13-28-23(19)22-18(24(25)31-20)8-4-12-27-22/h1-14H,15H2,(H2,29,30,33). The topological polar surface area (TPSA) is 75.6 Å². The van der Waals surface area contributed by atoms with Crippen LogP contribution in [0.4, 0.5) is 5.69 Å². The number of hydrogen-bond acceptors (Lipinski definition) is 5. The predicted molar refractivity (Wildman–Crippen MR) is 137 cm³/mol. The molecule has 7 heteroatoms. The van der Waals surface area contributed by atoms with Gasteiger partial charge in [0.25, 0.3) is 0 Å². The van der Waals surface area contributed by atoms with Crippen molar-refractivity contribution >= 4 is 66.9 Å². The van der Waals surface area contributed by atoms with E-state index in [2.05, 4.69) is 32.7 Å². The highest BCUT2D eigenvalue weighted by Gasteiger charge is 2.14. The van der Waals surface area contributed by atoms with Crippen LogP contribution in [0.5, 0.6) is 0 Å². The average Bonchev–Trinajstić information content (AvgIpc) is 2.87. The number of benzene rings is 3. The number of thiocarbonyl (C=S) groups is 1. The number of aromatic nitrogens is 4. The molecule has 6 nitrogen and oxygen atoms in total. The van der Waals surface area contributed by atoms with Crippen molar-refractivity contribution in [2.75, 3.05) is 5.32 Å². The van der Waals surface area contributed by atoms with Crippen molar-refractivity contribution in [3.63, 3.8) is 0 Å². The van der Waals surface area contributed by atoms with E-state index in [1.54, 1.807) is 12.4 Å². The Kier molecular flexibility index (Phi) is 4.74. The predicted octanol–water partition coefficient (Wildman–Crippen LogP) is 5.37. The molecule has 0 spiro atoms. The van der Waals surface area contributed by atoms with Gasteiger partial charge in [-0.2, -0.15) is 0 Å². The summed E-state index contributed by atoms with van der Waals surface area (Å²) in [4.78, 5) is 19.1. The zero-order chi connectivity index (χ0) is 22.2. The van der Waals surface area contributed by atoms with Gasteiger partial charge in [-0.15, -0.1) is 0 Å². The lowest BCUT2D eigenvalue weighted by Crippen LogP contribution is -2.27. The number of nitrogens with one attached hydrogen (secondary N) is 2. The van der Waals surface area contributed by atoms with Gasteiger partial charge in [0.05, 0.1) is 33.1 Å². The molecule has 6 rings (SSSR count). The summed E-state index contributed by atoms with van der Waals surface area (Å²) in [6.07, 6.45) is 3.56. The van der Waals surface area contributed by atoms with E-state index >= 15 is 0 Å². The summed E-state index contributed by atoms with van der Waals surface area (Å²) in [5.41, 5.74) is 6.92. The molecule has 6 aromatic rings. The minimum Gasteiger partial charge on any atom is -0.358 e. The molecule has 33 heavy (non-hydrogen) atoms. The van der Waals surface area contributed by atoms with Crippen LogP contribution in [0, 0.1) is 0 Å². The summed E-state index contributed by atoms with van der Waals surface area (Å²) in [5.74, 6) is 0. The smallest absolute Gasteiger partial charge is 0.171 e. The molecule has 0 aliphatic carbocycles. The van der Waals surface area contributed by atoms with Gasteiger partial charge in [0.1, 0.15) is 0 Å². The quantitative estimate of drug-likeness (QED) is 0.215. The number of nitrogens with zero attached hydrogens (tertiary/aromatic N) is 4. The van der Waals surface area contributed by atoms with E-state index in [1.165, 1.54) is 5.56 Å². The fourth-order valence-corrected chi connectivity index (χ4v) is 4.22. The SMILES string of the molecule is S=C(NCc1ccccc1)Nc1ccc2nc3c4cccnc4c4ncccc4c3nc2c1. The first-order valence-electron chi connectivity index (χ1n) is 10.6. The Morgan fingerprint density at radius 1 is 0.697 bits per heavy atom. The van der Waals surface area contributed by atoms with Crippen LogP contribution in [-0.2, 0) is 6.54 Å². The van der Waals surface area contributed by atoms with Crippen LogP contribution in [0.2, 0.25) is 0 Å². The highest BCUT2D eigenvalue weighted by atomic mass is 32.1.